The van der Waals surface area contributed by atoms with Crippen LogP contribution in [0.3, 0.4) is 0 Å². The molecule has 0 aliphatic heterocycles. The third kappa shape index (κ3) is 4.04. The van der Waals surface area contributed by atoms with Gasteiger partial charge in [-0.3, -0.25) is 9.59 Å². The Kier molecular flexibility index (Phi) is 5.89. The van der Waals surface area contributed by atoms with Crippen molar-refractivity contribution in [1.82, 2.24) is 4.98 Å². The third-order valence-electron chi connectivity index (χ3n) is 5.58. The second-order valence-corrected chi connectivity index (χ2v) is 10.1. The van der Waals surface area contributed by atoms with Crippen LogP contribution in [-0.2, 0) is 29.0 Å². The zero-order chi connectivity index (χ0) is 19.7. The normalized spacial score (nSPS) is 21.3. The van der Waals surface area contributed by atoms with Crippen LogP contribution in [0.1, 0.15) is 48.1 Å². The predicted molar refractivity (Wildman–Crippen MR) is 113 cm³/mol. The molecule has 2 aliphatic carbocycles. The maximum Gasteiger partial charge on any atom is 0.307 e. The Bertz CT molecular complexity index is 895. The summed E-state index contributed by atoms with van der Waals surface area (Å²) in [5.41, 5.74) is 2.41. The highest BCUT2D eigenvalue weighted by atomic mass is 35.5. The van der Waals surface area contributed by atoms with Gasteiger partial charge in [0.2, 0.25) is 5.91 Å². The largest absolute Gasteiger partial charge is 0.481 e. The number of carboxylic acids is 1. The van der Waals surface area contributed by atoms with Gasteiger partial charge >= 0.3 is 5.97 Å². The molecular weight excluding hydrogens is 418 g/mol. The number of thiazole rings is 1. The average Bonchev–Trinajstić information content (AvgIpc) is 3.37. The first-order chi connectivity index (χ1) is 13.5. The van der Waals surface area contributed by atoms with Gasteiger partial charge in [0.05, 0.1) is 18.0 Å². The molecule has 0 aromatic carbocycles. The maximum atomic E-state index is 12.9. The van der Waals surface area contributed by atoms with Crippen molar-refractivity contribution in [2.75, 3.05) is 10.6 Å². The lowest BCUT2D eigenvalue weighted by molar-refractivity contribution is -0.147. The maximum absolute atomic E-state index is 12.9. The molecule has 6 nitrogen and oxygen atoms in total. The number of hydrogen-bond acceptors (Lipinski definition) is 6. The Morgan fingerprint density at radius 2 is 1.96 bits per heavy atom. The number of carbonyl (C=O) groups is 2. The molecule has 1 saturated carbocycles. The van der Waals surface area contributed by atoms with Gasteiger partial charge in [0.25, 0.3) is 0 Å². The number of thiophene rings is 1. The van der Waals surface area contributed by atoms with Crippen LogP contribution < -0.4 is 10.6 Å². The summed E-state index contributed by atoms with van der Waals surface area (Å²) in [5, 5.41) is 17.4. The zero-order valence-electron chi connectivity index (χ0n) is 15.3. The van der Waals surface area contributed by atoms with Gasteiger partial charge in [-0.2, -0.15) is 0 Å². The van der Waals surface area contributed by atoms with Crippen LogP contribution >= 0.6 is 34.3 Å². The number of rotatable bonds is 6. The molecule has 0 bridgehead atoms. The molecule has 150 valence electrons. The molecule has 1 amide bonds. The van der Waals surface area contributed by atoms with Crippen molar-refractivity contribution in [3.63, 3.8) is 0 Å². The fourth-order valence-electron chi connectivity index (χ4n) is 4.20. The number of anilines is 2. The first-order valence-corrected chi connectivity index (χ1v) is 11.6. The van der Waals surface area contributed by atoms with Gasteiger partial charge in [-0.25, -0.2) is 4.98 Å². The van der Waals surface area contributed by atoms with Gasteiger partial charge in [0.1, 0.15) is 9.34 Å². The van der Waals surface area contributed by atoms with Crippen molar-refractivity contribution in [1.29, 1.82) is 0 Å². The minimum absolute atomic E-state index is 0.162. The van der Waals surface area contributed by atoms with Crippen LogP contribution in [-0.4, -0.2) is 22.0 Å². The minimum atomic E-state index is -0.865. The van der Waals surface area contributed by atoms with E-state index in [4.69, 9.17) is 11.6 Å². The topological polar surface area (TPSA) is 91.3 Å². The van der Waals surface area contributed by atoms with E-state index in [1.54, 1.807) is 17.5 Å². The fraction of sp³-hybridized carbons (Fsp3) is 0.526. The summed E-state index contributed by atoms with van der Waals surface area (Å²) in [6.45, 7) is 0.568. The number of fused-ring (bicyclic) bond motifs is 1. The van der Waals surface area contributed by atoms with Crippen molar-refractivity contribution in [3.8, 4) is 0 Å². The van der Waals surface area contributed by atoms with Crippen molar-refractivity contribution in [2.24, 2.45) is 11.8 Å². The Morgan fingerprint density at radius 3 is 2.68 bits per heavy atom. The molecule has 3 N–H and O–H groups in total. The Hall–Kier alpha value is -1.64. The number of carbonyl (C=O) groups excluding carboxylic acids is 1. The highest BCUT2D eigenvalue weighted by molar-refractivity contribution is 7.19. The first kappa shape index (κ1) is 19.7. The van der Waals surface area contributed by atoms with Gasteiger partial charge in [-0.1, -0.05) is 35.8 Å². The summed E-state index contributed by atoms with van der Waals surface area (Å²) in [6.07, 6.45) is 7.79. The van der Waals surface area contributed by atoms with Crippen LogP contribution in [0.25, 0.3) is 0 Å². The molecule has 0 radical (unpaired) electrons. The summed E-state index contributed by atoms with van der Waals surface area (Å²) < 4.78 is 0.628. The second-order valence-electron chi connectivity index (χ2n) is 7.31. The summed E-state index contributed by atoms with van der Waals surface area (Å²) in [4.78, 5) is 30.0. The summed E-state index contributed by atoms with van der Waals surface area (Å²) >= 11 is 8.96. The smallest absolute Gasteiger partial charge is 0.307 e. The van der Waals surface area contributed by atoms with E-state index < -0.39 is 17.8 Å². The Morgan fingerprint density at radius 1 is 1.18 bits per heavy atom. The fourth-order valence-corrected chi connectivity index (χ4v) is 6.32. The van der Waals surface area contributed by atoms with Gasteiger partial charge < -0.3 is 15.7 Å². The number of aryl methyl sites for hydroxylation is 1. The molecule has 28 heavy (non-hydrogen) atoms. The van der Waals surface area contributed by atoms with Crippen molar-refractivity contribution < 1.29 is 14.7 Å². The molecule has 0 spiro atoms. The standard InChI is InChI=1S/C19H22ClN3O3S2/c20-15-9-22-19(28-15)21-8-13-10-6-3-7-14(10)27-17(13)23-16(24)11-4-1-2-5-12(11)18(25)26/h9,11-12H,1-8H2,(H,21,22)(H,23,24)(H,25,26). The number of hydrogen-bond donors (Lipinski definition) is 3. The van der Waals surface area contributed by atoms with E-state index >= 15 is 0 Å². The minimum Gasteiger partial charge on any atom is -0.481 e. The monoisotopic (exact) mass is 439 g/mol. The van der Waals surface area contributed by atoms with E-state index in [2.05, 4.69) is 15.6 Å². The zero-order valence-corrected chi connectivity index (χ0v) is 17.7. The van der Waals surface area contributed by atoms with E-state index in [1.807, 2.05) is 0 Å². The van der Waals surface area contributed by atoms with Gasteiger partial charge in [-0.05, 0) is 37.7 Å². The molecule has 2 atom stereocenters. The molecular formula is C19H22ClN3O3S2. The van der Waals surface area contributed by atoms with Crippen LogP contribution in [0.2, 0.25) is 4.34 Å². The highest BCUT2D eigenvalue weighted by Crippen LogP contribution is 2.41. The number of nitrogens with zero attached hydrogens (tertiary/aromatic N) is 1. The molecule has 2 aromatic heterocycles. The number of aromatic nitrogens is 1. The number of aliphatic carboxylic acids is 1. The second kappa shape index (κ2) is 8.39. The molecule has 2 aliphatic rings. The van der Waals surface area contributed by atoms with Crippen molar-refractivity contribution in [3.05, 3.63) is 26.5 Å². The van der Waals surface area contributed by atoms with Crippen LogP contribution in [0.15, 0.2) is 6.20 Å². The molecule has 9 heteroatoms. The van der Waals surface area contributed by atoms with E-state index in [1.165, 1.54) is 21.8 Å². The van der Waals surface area contributed by atoms with Crippen molar-refractivity contribution >= 4 is 56.3 Å². The lowest BCUT2D eigenvalue weighted by Crippen LogP contribution is -2.36. The molecule has 2 heterocycles. The van der Waals surface area contributed by atoms with Crippen LogP contribution in [0.5, 0.6) is 0 Å². The molecule has 2 aromatic rings. The third-order valence-corrected chi connectivity index (χ3v) is 7.90. The number of nitrogens with one attached hydrogen (secondary N) is 2. The Balaban J connectivity index is 1.52. The quantitative estimate of drug-likeness (QED) is 0.602. The number of halogens is 1. The SMILES string of the molecule is O=C(O)C1CCCCC1C(=O)Nc1sc2c(c1CNc1ncc(Cl)s1)CCC2. The number of carboxylic acid groups (broad SMARTS) is 1. The van der Waals surface area contributed by atoms with Gasteiger partial charge in [0, 0.05) is 17.0 Å². The molecule has 0 saturated heterocycles. The lowest BCUT2D eigenvalue weighted by atomic mass is 9.79. The summed E-state index contributed by atoms with van der Waals surface area (Å²) in [6, 6.07) is 0. The molecule has 1 fully saturated rings. The van der Waals surface area contributed by atoms with E-state index in [0.29, 0.717) is 23.7 Å². The highest BCUT2D eigenvalue weighted by Gasteiger charge is 2.36. The first-order valence-electron chi connectivity index (χ1n) is 9.55. The van der Waals surface area contributed by atoms with E-state index in [0.717, 1.165) is 47.8 Å². The van der Waals surface area contributed by atoms with Crippen molar-refractivity contribution in [2.45, 2.75) is 51.5 Å². The van der Waals surface area contributed by atoms with Crippen LogP contribution in [0, 0.1) is 11.8 Å². The predicted octanol–water partition coefficient (Wildman–Crippen LogP) is 4.79. The van der Waals surface area contributed by atoms with E-state index in [9.17, 15) is 14.7 Å². The number of amides is 1. The van der Waals surface area contributed by atoms with Gasteiger partial charge in [0.15, 0.2) is 5.13 Å². The Labute approximate surface area is 176 Å². The lowest BCUT2D eigenvalue weighted by Gasteiger charge is -2.27. The molecule has 4 rings (SSSR count). The van der Waals surface area contributed by atoms with Crippen LogP contribution in [0.4, 0.5) is 10.1 Å². The summed E-state index contributed by atoms with van der Waals surface area (Å²) in [7, 11) is 0. The molecule has 2 unspecified atom stereocenters. The average molecular weight is 440 g/mol. The van der Waals surface area contributed by atoms with E-state index in [-0.39, 0.29) is 5.91 Å². The van der Waals surface area contributed by atoms with Gasteiger partial charge in [-0.15, -0.1) is 11.3 Å². The summed E-state index contributed by atoms with van der Waals surface area (Å²) in [5.74, 6) is -2.07.